The first-order chi connectivity index (χ1) is 15.8. The second-order valence-electron chi connectivity index (χ2n) is 6.77. The summed E-state index contributed by atoms with van der Waals surface area (Å²) in [5.74, 6) is -1.87. The number of hydrogen-bond donors (Lipinski definition) is 1. The molecular weight excluding hydrogens is 468 g/mol. The molecular formula is C22H17ClN4O5S. The predicted octanol–water partition coefficient (Wildman–Crippen LogP) is 3.32. The minimum atomic E-state index is -4.09. The van der Waals surface area contributed by atoms with Crippen LogP contribution in [0.2, 0.25) is 5.02 Å². The molecule has 11 heteroatoms. The average molecular weight is 485 g/mol. The number of ether oxygens (including phenoxy) is 1. The number of aromatic nitrogens is 2. The highest BCUT2D eigenvalue weighted by Gasteiger charge is 2.41. The standard InChI is InChI=1S/C22H17ClN4O5S/c1-2-27-18(20(28)26-22-24-12-5-13-25-22)19(16-6-3-4-7-17(16)33(27,30)31)32-21(29)14-8-10-15(23)11-9-14/h3-13H,2H2,1H3,(H,24,25,26,28). The number of hydrogen-bond acceptors (Lipinski definition) is 7. The van der Waals surface area contributed by atoms with Crippen molar-refractivity contribution in [2.45, 2.75) is 11.8 Å². The van der Waals surface area contributed by atoms with Gasteiger partial charge in [-0.25, -0.2) is 23.2 Å². The highest BCUT2D eigenvalue weighted by molar-refractivity contribution is 7.89. The lowest BCUT2D eigenvalue weighted by Crippen LogP contribution is -2.40. The van der Waals surface area contributed by atoms with Crippen LogP contribution >= 0.6 is 11.6 Å². The molecule has 0 atom stereocenters. The molecule has 168 valence electrons. The van der Waals surface area contributed by atoms with E-state index < -0.39 is 21.9 Å². The lowest BCUT2D eigenvalue weighted by Gasteiger charge is -2.31. The van der Waals surface area contributed by atoms with Gasteiger partial charge in [0.2, 0.25) is 5.95 Å². The van der Waals surface area contributed by atoms with Gasteiger partial charge in [0.1, 0.15) is 0 Å². The first kappa shape index (κ1) is 22.4. The zero-order valence-corrected chi connectivity index (χ0v) is 18.8. The van der Waals surface area contributed by atoms with Crippen LogP contribution in [0.5, 0.6) is 0 Å². The van der Waals surface area contributed by atoms with Crippen LogP contribution in [0.15, 0.2) is 77.6 Å². The lowest BCUT2D eigenvalue weighted by molar-refractivity contribution is -0.113. The molecule has 0 saturated heterocycles. The third-order valence-electron chi connectivity index (χ3n) is 4.73. The maximum absolute atomic E-state index is 13.3. The van der Waals surface area contributed by atoms with E-state index in [9.17, 15) is 18.0 Å². The van der Waals surface area contributed by atoms with Gasteiger partial charge in [0.25, 0.3) is 15.9 Å². The normalized spacial score (nSPS) is 14.4. The van der Waals surface area contributed by atoms with Crippen molar-refractivity contribution in [1.29, 1.82) is 0 Å². The molecule has 0 bridgehead atoms. The minimum Gasteiger partial charge on any atom is -0.420 e. The molecule has 0 aliphatic carbocycles. The second-order valence-corrected chi connectivity index (χ2v) is 9.03. The van der Waals surface area contributed by atoms with E-state index in [1.807, 2.05) is 0 Å². The molecule has 0 spiro atoms. The fourth-order valence-electron chi connectivity index (χ4n) is 3.27. The summed E-state index contributed by atoms with van der Waals surface area (Å²) in [7, 11) is -4.09. The number of amides is 1. The Morgan fingerprint density at radius 3 is 2.36 bits per heavy atom. The van der Waals surface area contributed by atoms with Crippen LogP contribution in [0, 0.1) is 0 Å². The van der Waals surface area contributed by atoms with E-state index >= 15 is 0 Å². The number of halogens is 1. The summed E-state index contributed by atoms with van der Waals surface area (Å²) >= 11 is 5.89. The number of anilines is 1. The van der Waals surface area contributed by atoms with Crippen molar-refractivity contribution in [3.8, 4) is 0 Å². The van der Waals surface area contributed by atoms with Gasteiger partial charge in [-0.2, -0.15) is 0 Å². The average Bonchev–Trinajstić information content (AvgIpc) is 2.81. The number of sulfonamides is 1. The summed E-state index contributed by atoms with van der Waals surface area (Å²) in [5, 5.41) is 2.89. The Bertz CT molecular complexity index is 1360. The Balaban J connectivity index is 1.87. The van der Waals surface area contributed by atoms with Gasteiger partial charge in [0, 0.05) is 29.5 Å². The van der Waals surface area contributed by atoms with Crippen molar-refractivity contribution in [3.05, 3.63) is 88.8 Å². The number of nitrogens with zero attached hydrogens (tertiary/aromatic N) is 3. The quantitative estimate of drug-likeness (QED) is 0.552. The first-order valence-corrected chi connectivity index (χ1v) is 11.6. The number of benzene rings is 2. The van der Waals surface area contributed by atoms with E-state index in [4.69, 9.17) is 16.3 Å². The number of nitrogens with one attached hydrogen (secondary N) is 1. The molecule has 4 rings (SSSR count). The summed E-state index contributed by atoms with van der Waals surface area (Å²) < 4.78 is 33.1. The van der Waals surface area contributed by atoms with Crippen LogP contribution in [0.3, 0.4) is 0 Å². The molecule has 9 nitrogen and oxygen atoms in total. The number of carbonyl (C=O) groups is 2. The molecule has 1 aliphatic heterocycles. The minimum absolute atomic E-state index is 0.0364. The summed E-state index contributed by atoms with van der Waals surface area (Å²) in [5.41, 5.74) is -0.0957. The number of rotatable bonds is 5. The summed E-state index contributed by atoms with van der Waals surface area (Å²) in [4.78, 5) is 33.9. The zero-order valence-electron chi connectivity index (χ0n) is 17.2. The van der Waals surface area contributed by atoms with Gasteiger partial charge in [-0.15, -0.1) is 0 Å². The molecule has 1 aliphatic rings. The van der Waals surface area contributed by atoms with Crippen LogP contribution in [0.4, 0.5) is 5.95 Å². The van der Waals surface area contributed by atoms with Crippen LogP contribution in [-0.4, -0.2) is 41.1 Å². The van der Waals surface area contributed by atoms with Gasteiger partial charge < -0.3 is 4.74 Å². The molecule has 0 radical (unpaired) electrons. The van der Waals surface area contributed by atoms with Gasteiger partial charge in [0.05, 0.1) is 10.5 Å². The highest BCUT2D eigenvalue weighted by Crippen LogP contribution is 2.38. The Kier molecular flexibility index (Phi) is 6.12. The topological polar surface area (TPSA) is 119 Å². The van der Waals surface area contributed by atoms with Gasteiger partial charge in [-0.3, -0.25) is 14.4 Å². The third-order valence-corrected chi connectivity index (χ3v) is 6.92. The Morgan fingerprint density at radius 2 is 1.70 bits per heavy atom. The molecule has 1 N–H and O–H groups in total. The van der Waals surface area contributed by atoms with Crippen LogP contribution in [-0.2, 0) is 19.6 Å². The van der Waals surface area contributed by atoms with E-state index in [1.54, 1.807) is 25.1 Å². The van der Waals surface area contributed by atoms with E-state index in [2.05, 4.69) is 15.3 Å². The molecule has 3 aromatic rings. The molecule has 1 aromatic heterocycles. The van der Waals surface area contributed by atoms with Gasteiger partial charge >= 0.3 is 5.97 Å². The Labute approximate surface area is 194 Å². The van der Waals surface area contributed by atoms with Gasteiger partial charge in [0.15, 0.2) is 11.5 Å². The summed E-state index contributed by atoms with van der Waals surface area (Å²) in [6.45, 7) is 1.48. The van der Waals surface area contributed by atoms with Crippen molar-refractivity contribution >= 4 is 45.2 Å². The van der Waals surface area contributed by atoms with Crippen LogP contribution in [0.1, 0.15) is 22.8 Å². The second kappa shape index (κ2) is 9.00. The molecule has 0 saturated carbocycles. The smallest absolute Gasteiger partial charge is 0.343 e. The van der Waals surface area contributed by atoms with Crippen molar-refractivity contribution in [2.24, 2.45) is 0 Å². The summed E-state index contributed by atoms with van der Waals surface area (Å²) in [6, 6.07) is 13.5. The van der Waals surface area contributed by atoms with Crippen molar-refractivity contribution in [1.82, 2.24) is 14.3 Å². The zero-order chi connectivity index (χ0) is 23.6. The van der Waals surface area contributed by atoms with E-state index in [0.717, 1.165) is 4.31 Å². The third kappa shape index (κ3) is 4.30. The molecule has 0 fully saturated rings. The Hall–Kier alpha value is -3.76. The van der Waals surface area contributed by atoms with Crippen molar-refractivity contribution in [2.75, 3.05) is 11.9 Å². The largest absolute Gasteiger partial charge is 0.420 e. The number of esters is 1. The van der Waals surface area contributed by atoms with E-state index in [1.165, 1.54) is 48.8 Å². The lowest BCUT2D eigenvalue weighted by atomic mass is 10.1. The van der Waals surface area contributed by atoms with Gasteiger partial charge in [-0.1, -0.05) is 23.7 Å². The summed E-state index contributed by atoms with van der Waals surface area (Å²) in [6.07, 6.45) is 2.84. The first-order valence-electron chi connectivity index (χ1n) is 9.75. The highest BCUT2D eigenvalue weighted by atomic mass is 35.5. The van der Waals surface area contributed by atoms with E-state index in [-0.39, 0.29) is 40.0 Å². The fraction of sp³-hybridized carbons (Fsp3) is 0.0909. The molecule has 2 aromatic carbocycles. The molecule has 1 amide bonds. The van der Waals surface area contributed by atoms with Crippen LogP contribution in [0.25, 0.3) is 5.76 Å². The molecule has 0 unspecified atom stereocenters. The monoisotopic (exact) mass is 484 g/mol. The fourth-order valence-corrected chi connectivity index (χ4v) is 5.07. The van der Waals surface area contributed by atoms with Crippen LogP contribution < -0.4 is 5.32 Å². The SMILES string of the molecule is CCN1C(C(=O)Nc2ncccn2)=C(OC(=O)c2ccc(Cl)cc2)c2ccccc2S1(=O)=O. The predicted molar refractivity (Wildman–Crippen MR) is 120 cm³/mol. The Morgan fingerprint density at radius 1 is 1.03 bits per heavy atom. The van der Waals surface area contributed by atoms with E-state index in [0.29, 0.717) is 5.02 Å². The van der Waals surface area contributed by atoms with Gasteiger partial charge in [-0.05, 0) is 49.4 Å². The number of likely N-dealkylation sites (N-methyl/N-ethyl adjacent to an activating group) is 1. The number of carbonyl (C=O) groups excluding carboxylic acids is 2. The molecule has 33 heavy (non-hydrogen) atoms. The maximum Gasteiger partial charge on any atom is 0.343 e. The van der Waals surface area contributed by atoms with Crippen molar-refractivity contribution < 1.29 is 22.7 Å². The van der Waals surface area contributed by atoms with Crippen molar-refractivity contribution in [3.63, 3.8) is 0 Å². The maximum atomic E-state index is 13.3. The molecule has 2 heterocycles. The number of fused-ring (bicyclic) bond motifs is 1.